The highest BCUT2D eigenvalue weighted by Gasteiger charge is 2.27. The number of benzene rings is 1. The molecule has 1 saturated carbocycles. The van der Waals surface area contributed by atoms with Crippen molar-refractivity contribution in [2.24, 2.45) is 0 Å². The molecule has 0 spiro atoms. The molecule has 1 N–H and O–H groups in total. The summed E-state index contributed by atoms with van der Waals surface area (Å²) in [5, 5.41) is 3.40. The minimum Gasteiger partial charge on any atom is -0.351 e. The van der Waals surface area contributed by atoms with Gasteiger partial charge in [0.15, 0.2) is 11.6 Å². The predicted octanol–water partition coefficient (Wildman–Crippen LogP) is 4.77. The van der Waals surface area contributed by atoms with Crippen molar-refractivity contribution >= 4 is 5.95 Å². The Hall–Kier alpha value is -2.93. The van der Waals surface area contributed by atoms with Crippen molar-refractivity contribution in [2.45, 2.75) is 44.2 Å². The van der Waals surface area contributed by atoms with Gasteiger partial charge in [-0.05, 0) is 62.5 Å². The van der Waals surface area contributed by atoms with Crippen LogP contribution in [0, 0.1) is 11.6 Å². The van der Waals surface area contributed by atoms with Crippen LogP contribution in [0.15, 0.2) is 48.9 Å². The minimum absolute atomic E-state index is 0.291. The molecule has 0 radical (unpaired) electrons. The third-order valence-electron chi connectivity index (χ3n) is 6.12. The highest BCUT2D eigenvalue weighted by atomic mass is 19.2. The zero-order chi connectivity index (χ0) is 21.2. The van der Waals surface area contributed by atoms with Crippen LogP contribution in [0.3, 0.4) is 0 Å². The number of nitrogens with zero attached hydrogens (tertiary/aromatic N) is 4. The van der Waals surface area contributed by atoms with Gasteiger partial charge in [0.25, 0.3) is 0 Å². The summed E-state index contributed by atoms with van der Waals surface area (Å²) in [6.45, 7) is 2.05. The fourth-order valence-electron chi connectivity index (χ4n) is 4.22. The lowest BCUT2D eigenvalue weighted by molar-refractivity contribution is 0.200. The van der Waals surface area contributed by atoms with Crippen LogP contribution >= 0.6 is 0 Å². The van der Waals surface area contributed by atoms with Crippen LogP contribution in [0.25, 0.3) is 11.1 Å². The van der Waals surface area contributed by atoms with Crippen molar-refractivity contribution in [1.29, 1.82) is 0 Å². The van der Waals surface area contributed by atoms with E-state index in [1.807, 2.05) is 18.3 Å². The zero-order valence-corrected chi connectivity index (χ0v) is 17.3. The first-order valence-electron chi connectivity index (χ1n) is 10.9. The molecule has 2 aromatic heterocycles. The van der Waals surface area contributed by atoms with Crippen LogP contribution in [-0.2, 0) is 6.54 Å². The molecule has 1 aliphatic heterocycles. The predicted molar refractivity (Wildman–Crippen MR) is 116 cm³/mol. The number of pyridine rings is 1. The van der Waals surface area contributed by atoms with Crippen molar-refractivity contribution in [3.63, 3.8) is 0 Å². The second-order valence-electron chi connectivity index (χ2n) is 8.41. The molecule has 2 aliphatic rings. The average molecular weight is 421 g/mol. The molecule has 5 rings (SSSR count). The SMILES string of the molecule is Fc1cccc(CN2CCC(c3nc(NC4CC4)ncc3-c3ccncc3)CC2)c1F. The Morgan fingerprint density at radius 1 is 1.00 bits per heavy atom. The molecule has 0 bridgehead atoms. The van der Waals surface area contributed by atoms with Gasteiger partial charge in [-0.1, -0.05) is 12.1 Å². The Morgan fingerprint density at radius 2 is 1.77 bits per heavy atom. The largest absolute Gasteiger partial charge is 0.351 e. The van der Waals surface area contributed by atoms with Crippen LogP contribution in [-0.4, -0.2) is 39.0 Å². The van der Waals surface area contributed by atoms with Crippen LogP contribution in [0.4, 0.5) is 14.7 Å². The summed E-state index contributed by atoms with van der Waals surface area (Å²) in [6, 6.07) is 8.84. The van der Waals surface area contributed by atoms with Gasteiger partial charge in [0.2, 0.25) is 5.95 Å². The monoisotopic (exact) mass is 421 g/mol. The third-order valence-corrected chi connectivity index (χ3v) is 6.12. The number of hydrogen-bond acceptors (Lipinski definition) is 5. The smallest absolute Gasteiger partial charge is 0.223 e. The number of anilines is 1. The van der Waals surface area contributed by atoms with Crippen LogP contribution in [0.2, 0.25) is 0 Å². The maximum absolute atomic E-state index is 14.1. The van der Waals surface area contributed by atoms with E-state index in [1.165, 1.54) is 12.8 Å². The first kappa shape index (κ1) is 20.0. The first-order chi connectivity index (χ1) is 15.2. The topological polar surface area (TPSA) is 53.9 Å². The molecular formula is C24H25F2N5. The number of nitrogens with one attached hydrogen (secondary N) is 1. The van der Waals surface area contributed by atoms with Gasteiger partial charge in [0.1, 0.15) is 0 Å². The van der Waals surface area contributed by atoms with Gasteiger partial charge >= 0.3 is 0 Å². The molecular weight excluding hydrogens is 396 g/mol. The lowest BCUT2D eigenvalue weighted by Crippen LogP contribution is -2.33. The molecule has 0 atom stereocenters. The van der Waals surface area contributed by atoms with Crippen LogP contribution in [0.1, 0.15) is 42.9 Å². The van der Waals surface area contributed by atoms with E-state index < -0.39 is 11.6 Å². The molecule has 0 amide bonds. The van der Waals surface area contributed by atoms with Crippen molar-refractivity contribution in [3.8, 4) is 11.1 Å². The van der Waals surface area contributed by atoms with E-state index in [0.717, 1.165) is 48.8 Å². The summed E-state index contributed by atoms with van der Waals surface area (Å²) in [4.78, 5) is 15.8. The Kier molecular flexibility index (Phi) is 5.59. The Balaban J connectivity index is 1.34. The number of likely N-dealkylation sites (tertiary alicyclic amines) is 1. The number of rotatable bonds is 6. The van der Waals surface area contributed by atoms with E-state index in [1.54, 1.807) is 24.5 Å². The summed E-state index contributed by atoms with van der Waals surface area (Å²) in [5.74, 6) is -0.540. The Labute approximate surface area is 180 Å². The van der Waals surface area contributed by atoms with Crippen molar-refractivity contribution in [3.05, 3.63) is 71.8 Å². The summed E-state index contributed by atoms with van der Waals surface area (Å²) >= 11 is 0. The molecule has 3 aromatic rings. The fourth-order valence-corrected chi connectivity index (χ4v) is 4.22. The lowest BCUT2D eigenvalue weighted by Gasteiger charge is -2.32. The normalized spacial score (nSPS) is 17.6. The van der Waals surface area contributed by atoms with E-state index in [2.05, 4.69) is 20.2 Å². The van der Waals surface area contributed by atoms with Crippen molar-refractivity contribution in [2.75, 3.05) is 18.4 Å². The Morgan fingerprint density at radius 3 is 2.52 bits per heavy atom. The summed E-state index contributed by atoms with van der Waals surface area (Å²) < 4.78 is 27.6. The summed E-state index contributed by atoms with van der Waals surface area (Å²) in [7, 11) is 0. The number of aromatic nitrogens is 3. The van der Waals surface area contributed by atoms with Crippen molar-refractivity contribution < 1.29 is 8.78 Å². The highest BCUT2D eigenvalue weighted by Crippen LogP contribution is 2.35. The van der Waals surface area contributed by atoms with Gasteiger partial charge in [-0.15, -0.1) is 0 Å². The number of piperidine rings is 1. The maximum atomic E-state index is 14.1. The number of halogens is 2. The second kappa shape index (κ2) is 8.67. The van der Waals surface area contributed by atoms with Gasteiger partial charge in [-0.2, -0.15) is 0 Å². The molecule has 3 heterocycles. The molecule has 1 aromatic carbocycles. The van der Waals surface area contributed by atoms with Gasteiger partial charge < -0.3 is 5.32 Å². The molecule has 5 nitrogen and oxygen atoms in total. The van der Waals surface area contributed by atoms with Gasteiger partial charge in [0.05, 0.1) is 5.69 Å². The minimum atomic E-state index is -0.786. The van der Waals surface area contributed by atoms with E-state index in [9.17, 15) is 8.78 Å². The van der Waals surface area contributed by atoms with Gasteiger partial charge in [-0.3, -0.25) is 9.88 Å². The van der Waals surface area contributed by atoms with Gasteiger partial charge in [-0.25, -0.2) is 18.7 Å². The molecule has 0 unspecified atom stereocenters. The molecule has 160 valence electrons. The van der Waals surface area contributed by atoms with Crippen molar-refractivity contribution in [1.82, 2.24) is 19.9 Å². The molecule has 2 fully saturated rings. The molecule has 31 heavy (non-hydrogen) atoms. The van der Waals surface area contributed by atoms with Gasteiger partial charge in [0, 0.05) is 48.2 Å². The first-order valence-corrected chi connectivity index (χ1v) is 10.9. The summed E-state index contributed by atoms with van der Waals surface area (Å²) in [6.07, 6.45) is 9.64. The molecule has 7 heteroatoms. The van der Waals surface area contributed by atoms with E-state index in [-0.39, 0.29) is 0 Å². The average Bonchev–Trinajstić information content (AvgIpc) is 3.62. The number of hydrogen-bond donors (Lipinski definition) is 1. The van der Waals surface area contributed by atoms with Crippen LogP contribution in [0.5, 0.6) is 0 Å². The van der Waals surface area contributed by atoms with E-state index >= 15 is 0 Å². The lowest BCUT2D eigenvalue weighted by atomic mass is 9.89. The maximum Gasteiger partial charge on any atom is 0.223 e. The van der Waals surface area contributed by atoms with Crippen LogP contribution < -0.4 is 5.32 Å². The van der Waals surface area contributed by atoms with E-state index in [0.29, 0.717) is 30.0 Å². The highest BCUT2D eigenvalue weighted by molar-refractivity contribution is 5.66. The second-order valence-corrected chi connectivity index (χ2v) is 8.41. The fraction of sp³-hybridized carbons (Fsp3) is 0.375. The zero-order valence-electron chi connectivity index (χ0n) is 17.3. The molecule has 1 aliphatic carbocycles. The molecule has 1 saturated heterocycles. The summed E-state index contributed by atoms with van der Waals surface area (Å²) in [5.41, 5.74) is 3.57. The standard InChI is InChI=1S/C24H25F2N5/c25-21-3-1-2-18(22(21)26)15-31-12-8-17(9-13-31)23-20(16-6-10-27-11-7-16)14-28-24(30-23)29-19-4-5-19/h1-3,6-7,10-11,14,17,19H,4-5,8-9,12-13,15H2,(H,28,29,30). The quantitative estimate of drug-likeness (QED) is 0.621. The van der Waals surface area contributed by atoms with E-state index in [4.69, 9.17) is 4.98 Å². The third kappa shape index (κ3) is 4.56. The Bertz CT molecular complexity index is 1050.